The van der Waals surface area contributed by atoms with Crippen molar-refractivity contribution in [3.63, 3.8) is 0 Å². The van der Waals surface area contributed by atoms with Crippen LogP contribution in [0, 0.1) is 0 Å². The molecule has 8 nitrogen and oxygen atoms in total. The smallest absolute Gasteiger partial charge is 0.249 e. The molecule has 2 saturated carbocycles. The first-order valence-electron chi connectivity index (χ1n) is 9.71. The molecule has 2 saturated heterocycles. The molecule has 2 heterocycles. The van der Waals surface area contributed by atoms with Gasteiger partial charge < -0.3 is 24.2 Å². The van der Waals surface area contributed by atoms with Crippen molar-refractivity contribution in [2.45, 2.75) is 49.6 Å². The van der Waals surface area contributed by atoms with Gasteiger partial charge in [-0.15, -0.1) is 0 Å². The maximum absolute atomic E-state index is 13.1. The molecule has 0 aromatic rings. The molecule has 28 heavy (non-hydrogen) atoms. The molecule has 0 radical (unpaired) electrons. The van der Waals surface area contributed by atoms with Crippen LogP contribution in [-0.2, 0) is 23.9 Å². The van der Waals surface area contributed by atoms with Gasteiger partial charge in [0, 0.05) is 40.4 Å². The summed E-state index contributed by atoms with van der Waals surface area (Å²) in [5.74, 6) is -0.0714. The van der Waals surface area contributed by atoms with Gasteiger partial charge in [-0.25, -0.2) is 0 Å². The van der Waals surface area contributed by atoms with Gasteiger partial charge in [0.1, 0.15) is 17.9 Å². The molecule has 3 amide bonds. The normalized spacial score (nSPS) is 23.2. The summed E-state index contributed by atoms with van der Waals surface area (Å²) in [6.45, 7) is 8.13. The Morgan fingerprint density at radius 3 is 1.96 bits per heavy atom. The highest BCUT2D eigenvalue weighted by Crippen LogP contribution is 2.52. The molecule has 0 unspecified atom stereocenters. The highest BCUT2D eigenvalue weighted by Gasteiger charge is 2.66. The van der Waals surface area contributed by atoms with Crippen molar-refractivity contribution in [2.24, 2.45) is 0 Å². The number of carbonyl (C=O) groups is 4. The molecule has 0 aromatic carbocycles. The molecule has 8 heteroatoms. The molecule has 4 rings (SSSR count). The van der Waals surface area contributed by atoms with Crippen molar-refractivity contribution in [1.29, 1.82) is 0 Å². The van der Waals surface area contributed by atoms with Crippen molar-refractivity contribution in [1.82, 2.24) is 14.7 Å². The van der Waals surface area contributed by atoms with Crippen LogP contribution in [0.2, 0.25) is 0 Å². The third-order valence-electron chi connectivity index (χ3n) is 5.90. The molecular formula is C20H31N3O5. The largest absolute Gasteiger partial charge is 0.388 e. The zero-order valence-corrected chi connectivity index (χ0v) is 16.9. The zero-order valence-electron chi connectivity index (χ0n) is 16.9. The monoisotopic (exact) mass is 393 g/mol. The van der Waals surface area contributed by atoms with Gasteiger partial charge in [0.05, 0.1) is 0 Å². The molecule has 0 bridgehead atoms. The second-order valence-corrected chi connectivity index (χ2v) is 7.62. The summed E-state index contributed by atoms with van der Waals surface area (Å²) >= 11 is 0. The van der Waals surface area contributed by atoms with Crippen LogP contribution in [0.25, 0.3) is 0 Å². The number of hydrogen-bond donors (Lipinski definition) is 0. The molecule has 0 aromatic heterocycles. The second kappa shape index (κ2) is 8.86. The molecule has 0 N–H and O–H groups in total. The van der Waals surface area contributed by atoms with Gasteiger partial charge in [0.25, 0.3) is 0 Å². The first-order chi connectivity index (χ1) is 13.5. The summed E-state index contributed by atoms with van der Waals surface area (Å²) in [6.07, 6.45) is 6.33. The quantitative estimate of drug-likeness (QED) is 0.656. The van der Waals surface area contributed by atoms with E-state index in [9.17, 15) is 14.4 Å². The van der Waals surface area contributed by atoms with Gasteiger partial charge >= 0.3 is 0 Å². The lowest BCUT2D eigenvalue weighted by molar-refractivity contribution is -0.159. The number of methoxy groups -OCH3 is 1. The molecule has 2 aliphatic heterocycles. The van der Waals surface area contributed by atoms with Crippen molar-refractivity contribution in [3.8, 4) is 0 Å². The first kappa shape index (κ1) is 22.1. The second-order valence-electron chi connectivity index (χ2n) is 7.62. The molecule has 2 aliphatic carbocycles. The topological polar surface area (TPSA) is 87.2 Å². The van der Waals surface area contributed by atoms with Crippen LogP contribution in [0.4, 0.5) is 0 Å². The summed E-state index contributed by atoms with van der Waals surface area (Å²) in [6, 6.07) is 0. The van der Waals surface area contributed by atoms with E-state index in [1.807, 2.05) is 11.7 Å². The van der Waals surface area contributed by atoms with E-state index in [0.29, 0.717) is 25.9 Å². The van der Waals surface area contributed by atoms with E-state index in [0.717, 1.165) is 38.8 Å². The summed E-state index contributed by atoms with van der Waals surface area (Å²) in [5, 5.41) is 0. The molecule has 1 spiro atoms. The average Bonchev–Trinajstić information content (AvgIpc) is 3.63. The van der Waals surface area contributed by atoms with Gasteiger partial charge in [-0.3, -0.25) is 14.4 Å². The lowest BCUT2D eigenvalue weighted by Crippen LogP contribution is -2.65. The number of rotatable bonds is 3. The van der Waals surface area contributed by atoms with E-state index in [1.54, 1.807) is 24.0 Å². The molecule has 4 fully saturated rings. The van der Waals surface area contributed by atoms with E-state index >= 15 is 0 Å². The number of hydrogen-bond acceptors (Lipinski definition) is 5. The first-order valence-corrected chi connectivity index (χ1v) is 9.71. The number of nitrogens with zero attached hydrogens (tertiary/aromatic N) is 3. The summed E-state index contributed by atoms with van der Waals surface area (Å²) in [7, 11) is 3.25. The highest BCUT2D eigenvalue weighted by molar-refractivity contribution is 6.02. The van der Waals surface area contributed by atoms with Crippen LogP contribution in [0.3, 0.4) is 0 Å². The SMILES string of the molecule is C=CC(=O)N1CCN(C2(C(=O)N3CCCC3)CC2)C(=O)C12CC2.C=O.COC. The molecule has 156 valence electrons. The Morgan fingerprint density at radius 1 is 1.00 bits per heavy atom. The van der Waals surface area contributed by atoms with E-state index in [-0.39, 0.29) is 17.7 Å². The number of carbonyl (C=O) groups excluding carboxylic acids is 4. The van der Waals surface area contributed by atoms with Crippen LogP contribution in [0.1, 0.15) is 38.5 Å². The predicted molar refractivity (Wildman–Crippen MR) is 103 cm³/mol. The van der Waals surface area contributed by atoms with E-state index < -0.39 is 11.1 Å². The van der Waals surface area contributed by atoms with Crippen LogP contribution in [-0.4, -0.2) is 90.7 Å². The molecular weight excluding hydrogens is 362 g/mol. The lowest BCUT2D eigenvalue weighted by atomic mass is 10.0. The number of amides is 3. The minimum absolute atomic E-state index is 0.0241. The zero-order chi connectivity index (χ0) is 20.9. The fourth-order valence-corrected chi connectivity index (χ4v) is 4.26. The van der Waals surface area contributed by atoms with Crippen LogP contribution < -0.4 is 0 Å². The van der Waals surface area contributed by atoms with E-state index in [2.05, 4.69) is 11.3 Å². The highest BCUT2D eigenvalue weighted by atomic mass is 16.4. The Labute approximate surface area is 166 Å². The van der Waals surface area contributed by atoms with Crippen molar-refractivity contribution in [2.75, 3.05) is 40.4 Å². The van der Waals surface area contributed by atoms with Gasteiger partial charge in [0.15, 0.2) is 0 Å². The maximum atomic E-state index is 13.1. The fraction of sp³-hybridized carbons (Fsp3) is 0.700. The Balaban J connectivity index is 0.000000514. The van der Waals surface area contributed by atoms with Crippen molar-refractivity contribution < 1.29 is 23.9 Å². The van der Waals surface area contributed by atoms with Crippen LogP contribution in [0.5, 0.6) is 0 Å². The van der Waals surface area contributed by atoms with Gasteiger partial charge in [-0.1, -0.05) is 6.58 Å². The average molecular weight is 393 g/mol. The van der Waals surface area contributed by atoms with Crippen LogP contribution in [0.15, 0.2) is 12.7 Å². The Morgan fingerprint density at radius 2 is 1.54 bits per heavy atom. The van der Waals surface area contributed by atoms with E-state index in [1.165, 1.54) is 6.08 Å². The summed E-state index contributed by atoms with van der Waals surface area (Å²) < 4.78 is 4.25. The minimum Gasteiger partial charge on any atom is -0.388 e. The number of likely N-dealkylation sites (tertiary alicyclic amines) is 1. The summed E-state index contributed by atoms with van der Waals surface area (Å²) in [5.41, 5.74) is -1.30. The number of piperazine rings is 1. The number of ether oxygens (including phenoxy) is 1. The van der Waals surface area contributed by atoms with E-state index in [4.69, 9.17) is 4.79 Å². The third kappa shape index (κ3) is 3.70. The lowest BCUT2D eigenvalue weighted by Gasteiger charge is -2.44. The minimum atomic E-state index is -0.690. The third-order valence-corrected chi connectivity index (χ3v) is 5.90. The Bertz CT molecular complexity index is 621. The van der Waals surface area contributed by atoms with Gasteiger partial charge in [-0.05, 0) is 44.6 Å². The maximum Gasteiger partial charge on any atom is 0.249 e. The van der Waals surface area contributed by atoms with Gasteiger partial charge in [0.2, 0.25) is 17.7 Å². The molecule has 0 atom stereocenters. The fourth-order valence-electron chi connectivity index (χ4n) is 4.26. The summed E-state index contributed by atoms with van der Waals surface area (Å²) in [4.78, 5) is 51.4. The van der Waals surface area contributed by atoms with Crippen LogP contribution >= 0.6 is 0 Å². The standard InChI is InChI=1S/C17H23N3O3.C2H6O.CH2O/c1-2-13(21)19-11-12-20(15(23)17(19)7-8-17)16(5-6-16)14(22)18-9-3-4-10-18;1-3-2;1-2/h2H,1,3-12H2;1-2H3;1H2. The van der Waals surface area contributed by atoms with Gasteiger partial charge in [-0.2, -0.15) is 0 Å². The Kier molecular flexibility index (Phi) is 6.98. The van der Waals surface area contributed by atoms with Crippen molar-refractivity contribution >= 4 is 24.5 Å². The van der Waals surface area contributed by atoms with Crippen molar-refractivity contribution in [3.05, 3.63) is 12.7 Å². The predicted octanol–water partition coefficient (Wildman–Crippen LogP) is 0.609. The Hall–Kier alpha value is -2.22. The molecule has 4 aliphatic rings.